The fourth-order valence-corrected chi connectivity index (χ4v) is 2.82. The van der Waals surface area contributed by atoms with Gasteiger partial charge in [-0.3, -0.25) is 4.79 Å². The van der Waals surface area contributed by atoms with Crippen molar-refractivity contribution < 1.29 is 4.74 Å². The van der Waals surface area contributed by atoms with E-state index in [0.29, 0.717) is 33.7 Å². The lowest BCUT2D eigenvalue weighted by Gasteiger charge is -2.10. The highest BCUT2D eigenvalue weighted by molar-refractivity contribution is 6.01. The molecule has 0 bridgehead atoms. The first-order valence-corrected chi connectivity index (χ1v) is 7.12. The average molecular weight is 306 g/mol. The van der Waals surface area contributed by atoms with Crippen LogP contribution in [0.2, 0.25) is 0 Å². The maximum Gasteiger partial charge on any atom is 0.261 e. The van der Waals surface area contributed by atoms with Gasteiger partial charge in [0.25, 0.3) is 5.56 Å². The number of hydrogen-bond donors (Lipinski definition) is 3. The summed E-state index contributed by atoms with van der Waals surface area (Å²) in [6.45, 7) is 0. The Morgan fingerprint density at radius 2 is 1.83 bits per heavy atom. The van der Waals surface area contributed by atoms with Crippen molar-refractivity contribution >= 4 is 27.6 Å². The molecule has 6 nitrogen and oxygen atoms in total. The minimum absolute atomic E-state index is 0.290. The molecular formula is C17H14N4O2. The lowest BCUT2D eigenvalue weighted by molar-refractivity contribution is 0.420. The number of para-hydroxylation sites is 2. The molecule has 6 heteroatoms. The van der Waals surface area contributed by atoms with E-state index in [1.165, 1.54) is 0 Å². The Balaban J connectivity index is 2.08. The number of benzene rings is 2. The summed E-state index contributed by atoms with van der Waals surface area (Å²) < 4.78 is 5.37. The Hall–Kier alpha value is -3.28. The molecule has 4 aromatic rings. The maximum absolute atomic E-state index is 12.5. The third-order valence-corrected chi connectivity index (χ3v) is 3.89. The molecule has 114 valence electrons. The van der Waals surface area contributed by atoms with E-state index in [1.807, 2.05) is 24.3 Å². The summed E-state index contributed by atoms with van der Waals surface area (Å²) in [4.78, 5) is 22.9. The largest absolute Gasteiger partial charge is 0.496 e. The Morgan fingerprint density at radius 3 is 2.61 bits per heavy atom. The highest BCUT2D eigenvalue weighted by Crippen LogP contribution is 2.33. The van der Waals surface area contributed by atoms with Crippen LogP contribution in [-0.4, -0.2) is 22.1 Å². The molecule has 2 aromatic carbocycles. The summed E-state index contributed by atoms with van der Waals surface area (Å²) in [6, 6.07) is 13.0. The van der Waals surface area contributed by atoms with Crippen LogP contribution in [0.3, 0.4) is 0 Å². The first kappa shape index (κ1) is 13.4. The van der Waals surface area contributed by atoms with Gasteiger partial charge in [0.1, 0.15) is 17.1 Å². The predicted molar refractivity (Wildman–Crippen MR) is 90.6 cm³/mol. The van der Waals surface area contributed by atoms with E-state index in [1.54, 1.807) is 25.3 Å². The Labute approximate surface area is 130 Å². The standard InChI is InChI=1S/C17H14N4O2/c1-23-12-8-4-7-11-13(12)15(18)14(17(22)21-11)16-19-9-5-2-3-6-10(9)20-16/h2-8H,1H3,(H,19,20)(H3,18,21,22). The van der Waals surface area contributed by atoms with Crippen LogP contribution >= 0.6 is 0 Å². The highest BCUT2D eigenvalue weighted by Gasteiger charge is 2.17. The van der Waals surface area contributed by atoms with E-state index in [0.717, 1.165) is 11.0 Å². The van der Waals surface area contributed by atoms with Gasteiger partial charge in [-0.2, -0.15) is 0 Å². The maximum atomic E-state index is 12.5. The number of nitrogens with zero attached hydrogens (tertiary/aromatic N) is 1. The van der Waals surface area contributed by atoms with Gasteiger partial charge in [-0.1, -0.05) is 18.2 Å². The third-order valence-electron chi connectivity index (χ3n) is 3.89. The van der Waals surface area contributed by atoms with Crippen molar-refractivity contribution in [2.75, 3.05) is 12.8 Å². The minimum atomic E-state index is -0.290. The van der Waals surface area contributed by atoms with Gasteiger partial charge in [0.05, 0.1) is 34.7 Å². The molecule has 0 spiro atoms. The van der Waals surface area contributed by atoms with E-state index in [-0.39, 0.29) is 5.56 Å². The molecule has 0 unspecified atom stereocenters. The molecule has 0 aliphatic carbocycles. The van der Waals surface area contributed by atoms with Crippen molar-refractivity contribution in [3.63, 3.8) is 0 Å². The van der Waals surface area contributed by atoms with Crippen LogP contribution in [-0.2, 0) is 0 Å². The fraction of sp³-hybridized carbons (Fsp3) is 0.0588. The number of hydrogen-bond acceptors (Lipinski definition) is 4. The van der Waals surface area contributed by atoms with Crippen molar-refractivity contribution in [3.05, 3.63) is 52.8 Å². The van der Waals surface area contributed by atoms with Gasteiger partial charge in [0.2, 0.25) is 0 Å². The zero-order valence-corrected chi connectivity index (χ0v) is 12.4. The number of H-pyrrole nitrogens is 2. The number of pyridine rings is 1. The molecule has 0 fully saturated rings. The van der Waals surface area contributed by atoms with Crippen molar-refractivity contribution in [2.45, 2.75) is 0 Å². The van der Waals surface area contributed by atoms with Crippen LogP contribution in [0.4, 0.5) is 5.69 Å². The van der Waals surface area contributed by atoms with Crippen molar-refractivity contribution in [1.29, 1.82) is 0 Å². The SMILES string of the molecule is COc1cccc2[nH]c(=O)c(-c3nc4ccccc4[nH]3)c(N)c12. The van der Waals surface area contributed by atoms with E-state index in [4.69, 9.17) is 10.5 Å². The van der Waals surface area contributed by atoms with Gasteiger partial charge in [0, 0.05) is 0 Å². The van der Waals surface area contributed by atoms with Gasteiger partial charge in [-0.25, -0.2) is 4.98 Å². The molecular weight excluding hydrogens is 292 g/mol. The quantitative estimate of drug-likeness (QED) is 0.530. The predicted octanol–water partition coefficient (Wildman–Crippen LogP) is 2.66. The van der Waals surface area contributed by atoms with Crippen molar-refractivity contribution in [2.24, 2.45) is 0 Å². The molecule has 4 rings (SSSR count). The van der Waals surface area contributed by atoms with Crippen LogP contribution < -0.4 is 16.0 Å². The number of aromatic nitrogens is 3. The zero-order valence-electron chi connectivity index (χ0n) is 12.4. The normalized spacial score (nSPS) is 11.2. The monoisotopic (exact) mass is 306 g/mol. The molecule has 0 aliphatic heterocycles. The summed E-state index contributed by atoms with van der Waals surface area (Å²) in [5.41, 5.74) is 8.92. The van der Waals surface area contributed by atoms with E-state index in [9.17, 15) is 4.79 Å². The Kier molecular flexibility index (Phi) is 2.84. The molecule has 0 radical (unpaired) electrons. The summed E-state index contributed by atoms with van der Waals surface area (Å²) in [7, 11) is 1.57. The van der Waals surface area contributed by atoms with Gasteiger partial charge < -0.3 is 20.4 Å². The smallest absolute Gasteiger partial charge is 0.261 e. The molecule has 0 saturated heterocycles. The van der Waals surface area contributed by atoms with Crippen LogP contribution in [0.1, 0.15) is 0 Å². The number of rotatable bonds is 2. The van der Waals surface area contributed by atoms with Gasteiger partial charge in [0.15, 0.2) is 0 Å². The highest BCUT2D eigenvalue weighted by atomic mass is 16.5. The van der Waals surface area contributed by atoms with Crippen molar-refractivity contribution in [3.8, 4) is 17.1 Å². The first-order chi connectivity index (χ1) is 11.2. The number of nitrogen functional groups attached to an aromatic ring is 1. The molecule has 4 N–H and O–H groups in total. The number of nitrogens with two attached hydrogens (primary N) is 1. The van der Waals surface area contributed by atoms with E-state index >= 15 is 0 Å². The zero-order chi connectivity index (χ0) is 16.0. The molecule has 0 atom stereocenters. The third kappa shape index (κ3) is 1.96. The number of imidazole rings is 1. The fourth-order valence-electron chi connectivity index (χ4n) is 2.82. The second-order valence-electron chi connectivity index (χ2n) is 5.23. The molecule has 0 saturated carbocycles. The number of ether oxygens (including phenoxy) is 1. The van der Waals surface area contributed by atoms with Crippen LogP contribution in [0.25, 0.3) is 33.3 Å². The number of aromatic amines is 2. The number of fused-ring (bicyclic) bond motifs is 2. The van der Waals surface area contributed by atoms with Crippen LogP contribution in [0.15, 0.2) is 47.3 Å². The number of methoxy groups -OCH3 is 1. The summed E-state index contributed by atoms with van der Waals surface area (Å²) >= 11 is 0. The lowest BCUT2D eigenvalue weighted by atomic mass is 10.1. The van der Waals surface area contributed by atoms with Crippen molar-refractivity contribution in [1.82, 2.24) is 15.0 Å². The summed E-state index contributed by atoms with van der Waals surface area (Å²) in [5, 5.41) is 0.671. The molecule has 0 aliphatic rings. The lowest BCUT2D eigenvalue weighted by Crippen LogP contribution is -2.13. The second-order valence-corrected chi connectivity index (χ2v) is 5.23. The first-order valence-electron chi connectivity index (χ1n) is 7.12. The summed E-state index contributed by atoms with van der Waals surface area (Å²) in [6.07, 6.45) is 0. The number of nitrogens with one attached hydrogen (secondary N) is 2. The average Bonchev–Trinajstić information content (AvgIpc) is 2.97. The minimum Gasteiger partial charge on any atom is -0.496 e. The molecule has 2 heterocycles. The van der Waals surface area contributed by atoms with Crippen LogP contribution in [0, 0.1) is 0 Å². The topological polar surface area (TPSA) is 96.8 Å². The van der Waals surface area contributed by atoms with Crippen LogP contribution in [0.5, 0.6) is 5.75 Å². The van der Waals surface area contributed by atoms with Gasteiger partial charge >= 0.3 is 0 Å². The molecule has 2 aromatic heterocycles. The Bertz CT molecular complexity index is 1060. The Morgan fingerprint density at radius 1 is 1.04 bits per heavy atom. The second kappa shape index (κ2) is 4.88. The summed E-state index contributed by atoms with van der Waals surface area (Å²) in [5.74, 6) is 1.05. The number of anilines is 1. The van der Waals surface area contributed by atoms with Gasteiger partial charge in [-0.15, -0.1) is 0 Å². The molecule has 23 heavy (non-hydrogen) atoms. The van der Waals surface area contributed by atoms with E-state index < -0.39 is 0 Å². The van der Waals surface area contributed by atoms with E-state index in [2.05, 4.69) is 15.0 Å². The van der Waals surface area contributed by atoms with Gasteiger partial charge in [-0.05, 0) is 24.3 Å². The molecule has 0 amide bonds.